The average Bonchev–Trinajstić information content (AvgIpc) is 2.31. The van der Waals surface area contributed by atoms with E-state index in [4.69, 9.17) is 0 Å². The highest BCUT2D eigenvalue weighted by Crippen LogP contribution is 2.36. The smallest absolute Gasteiger partial charge is 0.0509 e. The molecule has 0 heterocycles. The Morgan fingerprint density at radius 1 is 1.13 bits per heavy atom. The van der Waals surface area contributed by atoms with E-state index in [1.807, 2.05) is 0 Å². The summed E-state index contributed by atoms with van der Waals surface area (Å²) in [4.78, 5) is 0. The molecular weight excluding hydrogens is 198 g/mol. The second kappa shape index (κ2) is 5.36. The Morgan fingerprint density at radius 2 is 1.87 bits per heavy atom. The Labute approximate surface area is 95.7 Å². The minimum Gasteiger partial charge on any atom is -0.389 e. The van der Waals surface area contributed by atoms with Crippen LogP contribution < -0.4 is 5.32 Å². The number of hydrogen-bond donors (Lipinski definition) is 1. The normalized spacial score (nSPS) is 17.7. The first-order valence-electron chi connectivity index (χ1n) is 5.89. The maximum atomic E-state index is 3.48. The molecule has 1 N–H and O–H groups in total. The second-order valence-corrected chi connectivity index (χ2v) is 4.63. The fourth-order valence-electron chi connectivity index (χ4n) is 2.52. The summed E-state index contributed by atoms with van der Waals surface area (Å²) in [5, 5.41) is 3.39. The van der Waals surface area contributed by atoms with Gasteiger partial charge in [-0.15, -0.1) is 0 Å². The largest absolute Gasteiger partial charge is 0.389 e. The highest BCUT2D eigenvalue weighted by Gasteiger charge is 2.17. The summed E-state index contributed by atoms with van der Waals surface area (Å²) in [6.45, 7) is 0. The van der Waals surface area contributed by atoms with Gasteiger partial charge in [0.1, 0.15) is 0 Å². The van der Waals surface area contributed by atoms with Crippen molar-refractivity contribution in [2.45, 2.75) is 38.0 Å². The summed E-state index contributed by atoms with van der Waals surface area (Å²) in [6.07, 6.45) is 7.76. The zero-order valence-corrected chi connectivity index (χ0v) is 10.1. The number of para-hydroxylation sites is 1. The molecule has 0 unspecified atom stereocenters. The molecule has 1 saturated carbocycles. The van der Waals surface area contributed by atoms with Crippen molar-refractivity contribution < 1.29 is 0 Å². The topological polar surface area (TPSA) is 12.0 Å². The lowest BCUT2D eigenvalue weighted by molar-refractivity contribution is 0.444. The zero-order chi connectivity index (χ0) is 10.5. The van der Waals surface area contributed by atoms with Crippen molar-refractivity contribution in [3.05, 3.63) is 29.8 Å². The molecule has 2 heteroatoms. The van der Waals surface area contributed by atoms with E-state index in [0.29, 0.717) is 0 Å². The van der Waals surface area contributed by atoms with Crippen LogP contribution in [0.1, 0.15) is 43.6 Å². The van der Waals surface area contributed by atoms with E-state index < -0.39 is 0 Å². The maximum Gasteiger partial charge on any atom is 0.0509 e. The first kappa shape index (κ1) is 10.7. The van der Waals surface area contributed by atoms with Crippen molar-refractivity contribution in [1.82, 2.24) is 0 Å². The predicted octanol–water partition coefficient (Wildman–Crippen LogP) is 3.27. The van der Waals surface area contributed by atoms with Crippen LogP contribution in [0.25, 0.3) is 0 Å². The Kier molecular flexibility index (Phi) is 3.84. The van der Waals surface area contributed by atoms with Crippen molar-refractivity contribution in [2.75, 3.05) is 11.5 Å². The first-order chi connectivity index (χ1) is 7.42. The van der Waals surface area contributed by atoms with E-state index in [9.17, 15) is 0 Å². The van der Waals surface area contributed by atoms with Crippen LogP contribution in [0.5, 0.6) is 0 Å². The van der Waals surface area contributed by atoms with Crippen LogP contribution in [0.4, 0.5) is 5.69 Å². The summed E-state index contributed by atoms with van der Waals surface area (Å²) in [7, 11) is 3.48. The maximum absolute atomic E-state index is 3.48. The average molecular weight is 216 g/mol. The zero-order valence-electron chi connectivity index (χ0n) is 9.13. The van der Waals surface area contributed by atoms with Gasteiger partial charge in [0.05, 0.1) is 10.2 Å². The summed E-state index contributed by atoms with van der Waals surface area (Å²) >= 11 is 0. The van der Waals surface area contributed by atoms with Crippen molar-refractivity contribution in [3.63, 3.8) is 0 Å². The molecule has 0 aliphatic heterocycles. The lowest BCUT2D eigenvalue weighted by Crippen LogP contribution is -2.09. The minimum absolute atomic E-state index is 0.778. The van der Waals surface area contributed by atoms with Gasteiger partial charge in [-0.3, -0.25) is 0 Å². The van der Waals surface area contributed by atoms with Gasteiger partial charge in [-0.05, 0) is 30.4 Å². The van der Waals surface area contributed by atoms with Gasteiger partial charge in [-0.2, -0.15) is 0 Å². The van der Waals surface area contributed by atoms with Crippen molar-refractivity contribution >= 4 is 15.9 Å². The van der Waals surface area contributed by atoms with Gasteiger partial charge in [0.15, 0.2) is 0 Å². The van der Waals surface area contributed by atoms with Crippen LogP contribution in [0.2, 0.25) is 0 Å². The van der Waals surface area contributed by atoms with E-state index in [2.05, 4.69) is 39.8 Å². The van der Waals surface area contributed by atoms with Crippen LogP contribution in [0.15, 0.2) is 24.3 Å². The molecule has 1 aromatic carbocycles. The molecule has 1 fully saturated rings. The molecule has 3 radical (unpaired) electrons. The van der Waals surface area contributed by atoms with Crippen molar-refractivity contribution in [2.24, 2.45) is 0 Å². The SMILES string of the molecule is [Si]CNc1ccccc1C1CCCCC1. The number of rotatable bonds is 3. The number of benzene rings is 1. The highest BCUT2D eigenvalue weighted by molar-refractivity contribution is 6.10. The third-order valence-corrected chi connectivity index (χ3v) is 3.46. The summed E-state index contributed by atoms with van der Waals surface area (Å²) in [5.41, 5.74) is 2.81. The standard InChI is InChI=1S/C13H18NSi/c15-10-14-13-9-5-4-8-12(13)11-6-2-1-3-7-11/h4-5,8-9,11,14H,1-3,6-7,10H2. The monoisotopic (exact) mass is 216 g/mol. The van der Waals surface area contributed by atoms with Crippen LogP contribution in [-0.4, -0.2) is 16.4 Å². The minimum atomic E-state index is 0.778. The first-order valence-corrected chi connectivity index (χ1v) is 6.60. The van der Waals surface area contributed by atoms with E-state index in [1.54, 1.807) is 0 Å². The van der Waals surface area contributed by atoms with Crippen LogP contribution in [0, 0.1) is 0 Å². The molecule has 0 aromatic heterocycles. The Balaban J connectivity index is 2.17. The fourth-order valence-corrected chi connectivity index (χ4v) is 2.71. The molecule has 1 nitrogen and oxygen atoms in total. The van der Waals surface area contributed by atoms with E-state index in [-0.39, 0.29) is 0 Å². The molecule has 15 heavy (non-hydrogen) atoms. The number of anilines is 1. The Bertz CT molecular complexity index is 305. The molecule has 1 aliphatic carbocycles. The van der Waals surface area contributed by atoms with Crippen molar-refractivity contribution in [3.8, 4) is 0 Å². The van der Waals surface area contributed by atoms with E-state index >= 15 is 0 Å². The summed E-state index contributed by atoms with van der Waals surface area (Å²) < 4.78 is 0. The van der Waals surface area contributed by atoms with Gasteiger partial charge in [0.25, 0.3) is 0 Å². The predicted molar refractivity (Wildman–Crippen MR) is 66.5 cm³/mol. The third kappa shape index (κ3) is 2.62. The van der Waals surface area contributed by atoms with Crippen LogP contribution >= 0.6 is 0 Å². The molecule has 0 spiro atoms. The molecular formula is C13H18NSi. The van der Waals surface area contributed by atoms with Gasteiger partial charge in [-0.25, -0.2) is 0 Å². The fraction of sp³-hybridized carbons (Fsp3) is 0.538. The lowest BCUT2D eigenvalue weighted by atomic mass is 9.83. The molecule has 0 amide bonds. The summed E-state index contributed by atoms with van der Waals surface area (Å²) in [6, 6.07) is 8.73. The van der Waals surface area contributed by atoms with E-state index in [0.717, 1.165) is 12.1 Å². The quantitative estimate of drug-likeness (QED) is 0.765. The molecule has 1 aliphatic rings. The van der Waals surface area contributed by atoms with Gasteiger partial charge in [-0.1, -0.05) is 37.5 Å². The van der Waals surface area contributed by atoms with Crippen LogP contribution in [0.3, 0.4) is 0 Å². The molecule has 0 saturated heterocycles. The lowest BCUT2D eigenvalue weighted by Gasteiger charge is -2.24. The highest BCUT2D eigenvalue weighted by atomic mass is 28.1. The number of nitrogens with one attached hydrogen (secondary N) is 1. The number of hydrogen-bond acceptors (Lipinski definition) is 1. The van der Waals surface area contributed by atoms with Gasteiger partial charge in [0, 0.05) is 11.9 Å². The van der Waals surface area contributed by atoms with Gasteiger partial charge < -0.3 is 5.32 Å². The Hall–Kier alpha value is -0.763. The third-order valence-electron chi connectivity index (χ3n) is 3.28. The molecule has 0 atom stereocenters. The Morgan fingerprint density at radius 3 is 2.60 bits per heavy atom. The van der Waals surface area contributed by atoms with Gasteiger partial charge >= 0.3 is 0 Å². The van der Waals surface area contributed by atoms with Crippen molar-refractivity contribution in [1.29, 1.82) is 0 Å². The summed E-state index contributed by atoms with van der Waals surface area (Å²) in [5.74, 6) is 0.778. The van der Waals surface area contributed by atoms with E-state index in [1.165, 1.54) is 43.4 Å². The second-order valence-electron chi connectivity index (χ2n) is 4.28. The molecule has 0 bridgehead atoms. The molecule has 2 rings (SSSR count). The van der Waals surface area contributed by atoms with Gasteiger partial charge in [0.2, 0.25) is 0 Å². The molecule has 1 aromatic rings. The van der Waals surface area contributed by atoms with Crippen LogP contribution in [-0.2, 0) is 0 Å². The molecule has 79 valence electrons.